The van der Waals surface area contributed by atoms with Crippen LogP contribution >= 0.6 is 0 Å². The molecule has 0 aromatic heterocycles. The molecule has 6 nitrogen and oxygen atoms in total. The highest BCUT2D eigenvalue weighted by Crippen LogP contribution is 2.28. The van der Waals surface area contributed by atoms with Crippen molar-refractivity contribution in [3.8, 4) is 5.75 Å². The van der Waals surface area contributed by atoms with Crippen LogP contribution in [0.1, 0.15) is 24.2 Å². The number of piperazine rings is 1. The Bertz CT molecular complexity index is 786. The summed E-state index contributed by atoms with van der Waals surface area (Å²) >= 11 is 0. The number of likely N-dealkylation sites (N-methyl/N-ethyl adjacent to an activating group) is 1. The lowest BCUT2D eigenvalue weighted by atomic mass is 10.1. The number of para-hydroxylation sites is 2. The van der Waals surface area contributed by atoms with E-state index in [1.807, 2.05) is 43.3 Å². The molecule has 2 aromatic carbocycles. The monoisotopic (exact) mass is 368 g/mol. The highest BCUT2D eigenvalue weighted by molar-refractivity contribution is 6.09. The van der Waals surface area contributed by atoms with Gasteiger partial charge in [-0.15, -0.1) is 0 Å². The van der Waals surface area contributed by atoms with Crippen LogP contribution in [-0.2, 0) is 0 Å². The zero-order chi connectivity index (χ0) is 19.2. The molecule has 3 rings (SSSR count). The van der Waals surface area contributed by atoms with Crippen molar-refractivity contribution in [1.29, 1.82) is 0 Å². The lowest BCUT2D eigenvalue weighted by molar-refractivity contribution is 0.102. The summed E-state index contributed by atoms with van der Waals surface area (Å²) < 4.78 is 5.61. The van der Waals surface area contributed by atoms with Crippen LogP contribution in [0.25, 0.3) is 0 Å². The van der Waals surface area contributed by atoms with Gasteiger partial charge in [0.1, 0.15) is 5.75 Å². The predicted octanol–water partition coefficient (Wildman–Crippen LogP) is 3.06. The van der Waals surface area contributed by atoms with E-state index in [4.69, 9.17) is 10.5 Å². The van der Waals surface area contributed by atoms with E-state index in [1.165, 1.54) is 0 Å². The number of amides is 1. The highest BCUT2D eigenvalue weighted by Gasteiger charge is 2.22. The fraction of sp³-hybridized carbons (Fsp3) is 0.381. The summed E-state index contributed by atoms with van der Waals surface area (Å²) in [6.07, 6.45) is 0. The van der Waals surface area contributed by atoms with Gasteiger partial charge in [-0.3, -0.25) is 4.79 Å². The fourth-order valence-corrected chi connectivity index (χ4v) is 3.36. The number of benzene rings is 2. The number of hydrogen-bond donors (Lipinski definition) is 2. The van der Waals surface area contributed by atoms with E-state index < -0.39 is 0 Å². The zero-order valence-electron chi connectivity index (χ0n) is 16.1. The van der Waals surface area contributed by atoms with Gasteiger partial charge < -0.3 is 25.6 Å². The van der Waals surface area contributed by atoms with Gasteiger partial charge in [0, 0.05) is 37.6 Å². The van der Waals surface area contributed by atoms with Crippen LogP contribution in [0.3, 0.4) is 0 Å². The molecule has 0 unspecified atom stereocenters. The number of anilines is 3. The quantitative estimate of drug-likeness (QED) is 0.767. The predicted molar refractivity (Wildman–Crippen MR) is 111 cm³/mol. The van der Waals surface area contributed by atoms with Gasteiger partial charge in [-0.05, 0) is 43.8 Å². The first-order valence-electron chi connectivity index (χ1n) is 9.52. The summed E-state index contributed by atoms with van der Waals surface area (Å²) in [4.78, 5) is 17.7. The van der Waals surface area contributed by atoms with Crippen molar-refractivity contribution < 1.29 is 9.53 Å². The third-order valence-corrected chi connectivity index (χ3v) is 4.86. The van der Waals surface area contributed by atoms with Gasteiger partial charge in [0.25, 0.3) is 5.91 Å². The second-order valence-electron chi connectivity index (χ2n) is 6.58. The fourth-order valence-electron chi connectivity index (χ4n) is 3.36. The van der Waals surface area contributed by atoms with Crippen LogP contribution in [0.4, 0.5) is 17.1 Å². The van der Waals surface area contributed by atoms with Crippen molar-refractivity contribution in [2.24, 2.45) is 0 Å². The summed E-state index contributed by atoms with van der Waals surface area (Å²) in [6, 6.07) is 13.0. The molecule has 0 atom stereocenters. The van der Waals surface area contributed by atoms with Crippen molar-refractivity contribution in [2.45, 2.75) is 13.8 Å². The largest absolute Gasteiger partial charge is 0.492 e. The van der Waals surface area contributed by atoms with Crippen LogP contribution in [0, 0.1) is 0 Å². The molecule has 0 radical (unpaired) electrons. The van der Waals surface area contributed by atoms with E-state index in [9.17, 15) is 4.79 Å². The van der Waals surface area contributed by atoms with Crippen LogP contribution in [0.15, 0.2) is 42.5 Å². The third-order valence-electron chi connectivity index (χ3n) is 4.86. The Labute approximate surface area is 160 Å². The lowest BCUT2D eigenvalue weighted by Crippen LogP contribution is -2.46. The van der Waals surface area contributed by atoms with E-state index in [2.05, 4.69) is 22.0 Å². The van der Waals surface area contributed by atoms with E-state index in [-0.39, 0.29) is 5.91 Å². The number of carbonyl (C=O) groups is 1. The van der Waals surface area contributed by atoms with Crippen LogP contribution in [-0.4, -0.2) is 50.1 Å². The van der Waals surface area contributed by atoms with E-state index in [0.29, 0.717) is 29.3 Å². The van der Waals surface area contributed by atoms with Crippen LogP contribution in [0.2, 0.25) is 0 Å². The smallest absolute Gasteiger partial charge is 0.257 e. The molecular weight excluding hydrogens is 340 g/mol. The third kappa shape index (κ3) is 4.52. The number of rotatable bonds is 6. The Morgan fingerprint density at radius 1 is 1.11 bits per heavy atom. The van der Waals surface area contributed by atoms with Gasteiger partial charge in [0.05, 0.1) is 17.9 Å². The molecular formula is C21H28N4O2. The first-order chi connectivity index (χ1) is 13.1. The summed E-state index contributed by atoms with van der Waals surface area (Å²) in [7, 11) is 0. The molecule has 1 aliphatic rings. The second kappa shape index (κ2) is 8.77. The molecule has 3 N–H and O–H groups in total. The van der Waals surface area contributed by atoms with E-state index >= 15 is 0 Å². The Morgan fingerprint density at radius 3 is 2.56 bits per heavy atom. The Kier molecular flexibility index (Phi) is 6.19. The Morgan fingerprint density at radius 2 is 1.85 bits per heavy atom. The SMILES string of the molecule is CCOc1ccccc1NC(=O)c1cc(N)ccc1N1CCN(CC)CC1. The van der Waals surface area contributed by atoms with Crippen LogP contribution in [0.5, 0.6) is 5.75 Å². The number of hydrogen-bond acceptors (Lipinski definition) is 5. The first kappa shape index (κ1) is 19.0. The zero-order valence-corrected chi connectivity index (χ0v) is 16.1. The van der Waals surface area contributed by atoms with Crippen molar-refractivity contribution in [3.63, 3.8) is 0 Å². The van der Waals surface area contributed by atoms with Crippen molar-refractivity contribution in [2.75, 3.05) is 55.3 Å². The van der Waals surface area contributed by atoms with Crippen molar-refractivity contribution in [1.82, 2.24) is 4.90 Å². The maximum Gasteiger partial charge on any atom is 0.257 e. The molecule has 1 aliphatic heterocycles. The maximum absolute atomic E-state index is 13.0. The standard InChI is InChI=1S/C21H28N4O2/c1-3-24-11-13-25(14-12-24)19-10-9-16(22)15-17(19)21(26)23-18-7-5-6-8-20(18)27-4-2/h5-10,15H,3-4,11-14,22H2,1-2H3,(H,23,26). The van der Waals surface area contributed by atoms with E-state index in [1.54, 1.807) is 6.07 Å². The van der Waals surface area contributed by atoms with Crippen molar-refractivity contribution >= 4 is 23.0 Å². The van der Waals surface area contributed by atoms with Gasteiger partial charge in [0.15, 0.2) is 0 Å². The molecule has 0 spiro atoms. The lowest BCUT2D eigenvalue weighted by Gasteiger charge is -2.36. The minimum Gasteiger partial charge on any atom is -0.492 e. The molecule has 6 heteroatoms. The number of nitrogens with one attached hydrogen (secondary N) is 1. The second-order valence-corrected chi connectivity index (χ2v) is 6.58. The molecule has 27 heavy (non-hydrogen) atoms. The number of carbonyl (C=O) groups excluding carboxylic acids is 1. The summed E-state index contributed by atoms with van der Waals surface area (Å²) in [5.74, 6) is 0.484. The molecule has 144 valence electrons. The molecule has 0 bridgehead atoms. The summed E-state index contributed by atoms with van der Waals surface area (Å²) in [5.41, 5.74) is 8.73. The summed E-state index contributed by atoms with van der Waals surface area (Å²) in [6.45, 7) is 9.47. The Hall–Kier alpha value is -2.73. The maximum atomic E-state index is 13.0. The normalized spacial score (nSPS) is 14.8. The Balaban J connectivity index is 1.83. The molecule has 0 aliphatic carbocycles. The van der Waals surface area contributed by atoms with Gasteiger partial charge in [-0.1, -0.05) is 19.1 Å². The number of nitrogen functional groups attached to an aromatic ring is 1. The van der Waals surface area contributed by atoms with Gasteiger partial charge in [0.2, 0.25) is 0 Å². The molecule has 0 saturated carbocycles. The molecule has 1 heterocycles. The minimum absolute atomic E-state index is 0.178. The van der Waals surface area contributed by atoms with Gasteiger partial charge in [-0.25, -0.2) is 0 Å². The topological polar surface area (TPSA) is 70.8 Å². The van der Waals surface area contributed by atoms with E-state index in [0.717, 1.165) is 38.4 Å². The van der Waals surface area contributed by atoms with Crippen LogP contribution < -0.4 is 20.7 Å². The molecule has 1 amide bonds. The van der Waals surface area contributed by atoms with Gasteiger partial charge >= 0.3 is 0 Å². The molecule has 1 saturated heterocycles. The minimum atomic E-state index is -0.178. The first-order valence-corrected chi connectivity index (χ1v) is 9.52. The number of nitrogens with two attached hydrogens (primary N) is 1. The number of nitrogens with zero attached hydrogens (tertiary/aromatic N) is 2. The highest BCUT2D eigenvalue weighted by atomic mass is 16.5. The molecule has 1 fully saturated rings. The van der Waals surface area contributed by atoms with Crippen molar-refractivity contribution in [3.05, 3.63) is 48.0 Å². The average molecular weight is 368 g/mol. The average Bonchev–Trinajstić information content (AvgIpc) is 2.69. The van der Waals surface area contributed by atoms with Gasteiger partial charge in [-0.2, -0.15) is 0 Å². The molecule has 2 aromatic rings. The summed E-state index contributed by atoms with van der Waals surface area (Å²) in [5, 5.41) is 2.98. The number of ether oxygens (including phenoxy) is 1.